The van der Waals surface area contributed by atoms with E-state index < -0.39 is 0 Å². The lowest BCUT2D eigenvalue weighted by Gasteiger charge is -2.14. The first-order chi connectivity index (χ1) is 9.43. The molecule has 1 aromatic carbocycles. The number of carbonyl (C=O) groups excluding carboxylic acids is 1. The molecule has 20 heavy (non-hydrogen) atoms. The average molecular weight is 407 g/mol. The molecule has 112 valence electrons. The van der Waals surface area contributed by atoms with Gasteiger partial charge in [0.05, 0.1) is 12.3 Å². The third-order valence-electron chi connectivity index (χ3n) is 2.93. The number of methoxy groups -OCH3 is 1. The molecule has 0 aliphatic carbocycles. The van der Waals surface area contributed by atoms with Crippen molar-refractivity contribution in [2.45, 2.75) is 33.1 Å². The van der Waals surface area contributed by atoms with Gasteiger partial charge in [0.25, 0.3) is 0 Å². The Bertz CT molecular complexity index is 461. The number of hydrogen-bond donors (Lipinski definition) is 1. The van der Waals surface area contributed by atoms with E-state index in [0.29, 0.717) is 18.9 Å². The highest BCUT2D eigenvalue weighted by Gasteiger charge is 2.12. The Morgan fingerprint density at radius 3 is 2.65 bits per heavy atom. The fourth-order valence-electron chi connectivity index (χ4n) is 1.80. The summed E-state index contributed by atoms with van der Waals surface area (Å²) >= 11 is 6.98. The minimum Gasteiger partial charge on any atom is -0.384 e. The van der Waals surface area contributed by atoms with E-state index in [9.17, 15) is 4.79 Å². The number of carbonyl (C=O) groups is 1. The number of nitrogens with one attached hydrogen (secondary N) is 1. The van der Waals surface area contributed by atoms with Crippen molar-refractivity contribution in [2.24, 2.45) is 5.92 Å². The molecule has 1 N–H and O–H groups in total. The van der Waals surface area contributed by atoms with Gasteiger partial charge in [0, 0.05) is 22.5 Å². The van der Waals surface area contributed by atoms with Crippen LogP contribution < -0.4 is 5.32 Å². The van der Waals surface area contributed by atoms with Crippen LogP contribution in [0, 0.1) is 5.92 Å². The molecule has 0 aromatic heterocycles. The molecule has 0 atom stereocenters. The molecule has 0 spiro atoms. The van der Waals surface area contributed by atoms with Crippen LogP contribution in [0.15, 0.2) is 21.1 Å². The van der Waals surface area contributed by atoms with E-state index in [1.165, 1.54) is 0 Å². The topological polar surface area (TPSA) is 38.3 Å². The fraction of sp³-hybridized carbons (Fsp3) is 0.533. The molecule has 0 aliphatic rings. The Labute approximate surface area is 137 Å². The van der Waals surface area contributed by atoms with Crippen molar-refractivity contribution in [3.8, 4) is 0 Å². The number of rotatable bonds is 7. The van der Waals surface area contributed by atoms with E-state index in [-0.39, 0.29) is 5.91 Å². The van der Waals surface area contributed by atoms with Crippen molar-refractivity contribution in [3.05, 3.63) is 26.6 Å². The SMILES string of the molecule is COCCc1cc(Br)cc(Br)c1NC(=O)CCC(C)C. The predicted octanol–water partition coefficient (Wildman–Crippen LogP) is 4.78. The van der Waals surface area contributed by atoms with Crippen molar-refractivity contribution < 1.29 is 9.53 Å². The molecule has 1 aromatic rings. The van der Waals surface area contributed by atoms with E-state index in [0.717, 1.165) is 33.0 Å². The monoisotopic (exact) mass is 405 g/mol. The quantitative estimate of drug-likeness (QED) is 0.707. The van der Waals surface area contributed by atoms with Crippen molar-refractivity contribution in [1.29, 1.82) is 0 Å². The lowest BCUT2D eigenvalue weighted by atomic mass is 10.1. The zero-order valence-corrected chi connectivity index (χ0v) is 15.3. The standard InChI is InChI=1S/C15H21Br2NO2/c1-10(2)4-5-14(19)18-15-11(6-7-20-3)8-12(16)9-13(15)17/h8-10H,4-7H2,1-3H3,(H,18,19). The Hall–Kier alpha value is -0.390. The van der Waals surface area contributed by atoms with Gasteiger partial charge in [-0.25, -0.2) is 0 Å². The first-order valence-electron chi connectivity index (χ1n) is 6.70. The van der Waals surface area contributed by atoms with E-state index in [4.69, 9.17) is 4.74 Å². The smallest absolute Gasteiger partial charge is 0.224 e. The third kappa shape index (κ3) is 5.94. The Morgan fingerprint density at radius 1 is 1.35 bits per heavy atom. The van der Waals surface area contributed by atoms with E-state index >= 15 is 0 Å². The summed E-state index contributed by atoms with van der Waals surface area (Å²) < 4.78 is 6.99. The van der Waals surface area contributed by atoms with Gasteiger partial charge < -0.3 is 10.1 Å². The molecule has 5 heteroatoms. The number of benzene rings is 1. The highest BCUT2D eigenvalue weighted by molar-refractivity contribution is 9.11. The zero-order chi connectivity index (χ0) is 15.1. The van der Waals surface area contributed by atoms with Crippen LogP contribution in [0.3, 0.4) is 0 Å². The van der Waals surface area contributed by atoms with Gasteiger partial charge in [-0.2, -0.15) is 0 Å². The minimum absolute atomic E-state index is 0.0559. The summed E-state index contributed by atoms with van der Waals surface area (Å²) in [4.78, 5) is 12.0. The molecule has 1 amide bonds. The molecule has 3 nitrogen and oxygen atoms in total. The number of halogens is 2. The zero-order valence-electron chi connectivity index (χ0n) is 12.1. The van der Waals surface area contributed by atoms with Gasteiger partial charge in [0.15, 0.2) is 0 Å². The van der Waals surface area contributed by atoms with Crippen molar-refractivity contribution in [3.63, 3.8) is 0 Å². The van der Waals surface area contributed by atoms with Crippen molar-refractivity contribution in [1.82, 2.24) is 0 Å². The first kappa shape index (κ1) is 17.7. The van der Waals surface area contributed by atoms with Crippen LogP contribution in [0.4, 0.5) is 5.69 Å². The molecule has 0 aliphatic heterocycles. The third-order valence-corrected chi connectivity index (χ3v) is 4.01. The second kappa shape index (κ2) is 8.80. The molecule has 0 saturated carbocycles. The van der Waals surface area contributed by atoms with Gasteiger partial charge in [0.2, 0.25) is 5.91 Å². The molecule has 0 heterocycles. The maximum Gasteiger partial charge on any atom is 0.224 e. The summed E-state index contributed by atoms with van der Waals surface area (Å²) in [5.74, 6) is 0.586. The summed E-state index contributed by atoms with van der Waals surface area (Å²) in [6, 6.07) is 3.95. The van der Waals surface area contributed by atoms with E-state index in [1.807, 2.05) is 12.1 Å². The molecule has 0 bridgehead atoms. The lowest BCUT2D eigenvalue weighted by molar-refractivity contribution is -0.116. The van der Waals surface area contributed by atoms with Gasteiger partial charge in [-0.15, -0.1) is 0 Å². The molecule has 0 radical (unpaired) electrons. The van der Waals surface area contributed by atoms with Gasteiger partial charge in [-0.3, -0.25) is 4.79 Å². The molecule has 0 fully saturated rings. The summed E-state index contributed by atoms with van der Waals surface area (Å²) in [6.45, 7) is 4.86. The summed E-state index contributed by atoms with van der Waals surface area (Å²) in [5, 5.41) is 3.01. The number of amides is 1. The number of ether oxygens (including phenoxy) is 1. The van der Waals surface area contributed by atoms with Crippen LogP contribution >= 0.6 is 31.9 Å². The average Bonchev–Trinajstić information content (AvgIpc) is 2.37. The van der Waals surface area contributed by atoms with Crippen molar-refractivity contribution >= 4 is 43.5 Å². The van der Waals surface area contributed by atoms with Crippen LogP contribution in [0.2, 0.25) is 0 Å². The second-order valence-corrected chi connectivity index (χ2v) is 6.92. The maximum atomic E-state index is 12.0. The summed E-state index contributed by atoms with van der Waals surface area (Å²) in [6.07, 6.45) is 2.20. The lowest BCUT2D eigenvalue weighted by Crippen LogP contribution is -2.14. The summed E-state index contributed by atoms with van der Waals surface area (Å²) in [5.41, 5.74) is 1.91. The molecule has 0 saturated heterocycles. The minimum atomic E-state index is 0.0559. The van der Waals surface area contributed by atoms with Gasteiger partial charge in [0.1, 0.15) is 0 Å². The largest absolute Gasteiger partial charge is 0.384 e. The second-order valence-electron chi connectivity index (χ2n) is 5.15. The van der Waals surface area contributed by atoms with Gasteiger partial charge >= 0.3 is 0 Å². The predicted molar refractivity (Wildman–Crippen MR) is 90.1 cm³/mol. The highest BCUT2D eigenvalue weighted by atomic mass is 79.9. The van der Waals surface area contributed by atoms with Gasteiger partial charge in [-0.05, 0) is 52.4 Å². The fourth-order valence-corrected chi connectivity index (χ4v) is 3.21. The molecule has 1 rings (SSSR count). The van der Waals surface area contributed by atoms with E-state index in [2.05, 4.69) is 51.0 Å². The normalized spacial score (nSPS) is 10.9. The Kier molecular flexibility index (Phi) is 7.77. The first-order valence-corrected chi connectivity index (χ1v) is 8.29. The van der Waals surface area contributed by atoms with E-state index in [1.54, 1.807) is 7.11 Å². The van der Waals surface area contributed by atoms with Crippen LogP contribution in [-0.4, -0.2) is 19.6 Å². The van der Waals surface area contributed by atoms with Crippen LogP contribution in [0.5, 0.6) is 0 Å². The maximum absolute atomic E-state index is 12.0. The molecular formula is C15H21Br2NO2. The number of hydrogen-bond acceptors (Lipinski definition) is 2. The van der Waals surface area contributed by atoms with Crippen LogP contribution in [0.25, 0.3) is 0 Å². The van der Waals surface area contributed by atoms with Crippen LogP contribution in [0.1, 0.15) is 32.3 Å². The molecule has 0 unspecified atom stereocenters. The van der Waals surface area contributed by atoms with Crippen molar-refractivity contribution in [2.75, 3.05) is 19.0 Å². The molecular weight excluding hydrogens is 386 g/mol. The Balaban J connectivity index is 2.83. The van der Waals surface area contributed by atoms with Gasteiger partial charge in [-0.1, -0.05) is 29.8 Å². The van der Waals surface area contributed by atoms with Crippen LogP contribution in [-0.2, 0) is 16.0 Å². The highest BCUT2D eigenvalue weighted by Crippen LogP contribution is 2.31. The number of anilines is 1. The summed E-state index contributed by atoms with van der Waals surface area (Å²) in [7, 11) is 1.67. The Morgan fingerprint density at radius 2 is 2.05 bits per heavy atom.